The van der Waals surface area contributed by atoms with Gasteiger partial charge in [0, 0.05) is 36.4 Å². The molecule has 1 aliphatic rings. The van der Waals surface area contributed by atoms with Crippen LogP contribution in [0.4, 0.5) is 10.5 Å². The molecule has 1 saturated heterocycles. The van der Waals surface area contributed by atoms with Crippen molar-refractivity contribution in [2.45, 2.75) is 38.8 Å². The van der Waals surface area contributed by atoms with E-state index in [1.807, 2.05) is 25.8 Å². The lowest BCUT2D eigenvalue weighted by molar-refractivity contribution is 0.0698. The number of piperidine rings is 1. The maximum absolute atomic E-state index is 12.6. The molecule has 1 unspecified atom stereocenters. The predicted octanol–water partition coefficient (Wildman–Crippen LogP) is 2.46. The van der Waals surface area contributed by atoms with Crippen LogP contribution in [0, 0.1) is 0 Å². The lowest BCUT2D eigenvalue weighted by Gasteiger charge is -2.32. The van der Waals surface area contributed by atoms with Crippen LogP contribution in [-0.4, -0.2) is 49.1 Å². The average molecular weight is 355 g/mol. The third-order valence-electron chi connectivity index (χ3n) is 3.90. The second-order valence-electron chi connectivity index (χ2n) is 6.21. The number of hydrogen-bond donors (Lipinski definition) is 3. The van der Waals surface area contributed by atoms with Crippen molar-refractivity contribution in [1.29, 1.82) is 0 Å². The number of nitrogens with one attached hydrogen (secondary N) is 3. The number of rotatable bonds is 4. The van der Waals surface area contributed by atoms with Crippen molar-refractivity contribution >= 4 is 30.0 Å². The summed E-state index contributed by atoms with van der Waals surface area (Å²) < 4.78 is 0. The van der Waals surface area contributed by atoms with E-state index in [2.05, 4.69) is 16.0 Å². The fourth-order valence-corrected chi connectivity index (χ4v) is 2.74. The fourth-order valence-electron chi connectivity index (χ4n) is 2.74. The summed E-state index contributed by atoms with van der Waals surface area (Å²) in [5.74, 6) is 0.0119. The van der Waals surface area contributed by atoms with Gasteiger partial charge < -0.3 is 20.9 Å². The Labute approximate surface area is 149 Å². The molecule has 7 heteroatoms. The summed E-state index contributed by atoms with van der Waals surface area (Å²) in [6, 6.07) is 7.23. The molecule has 3 amide bonds. The number of amides is 3. The second-order valence-corrected chi connectivity index (χ2v) is 6.21. The van der Waals surface area contributed by atoms with Gasteiger partial charge in [0.05, 0.1) is 0 Å². The highest BCUT2D eigenvalue weighted by Crippen LogP contribution is 2.16. The second kappa shape index (κ2) is 9.49. The van der Waals surface area contributed by atoms with E-state index >= 15 is 0 Å². The van der Waals surface area contributed by atoms with Gasteiger partial charge in [-0.25, -0.2) is 4.79 Å². The van der Waals surface area contributed by atoms with Gasteiger partial charge in [-0.15, -0.1) is 12.4 Å². The zero-order chi connectivity index (χ0) is 16.8. The molecule has 0 spiro atoms. The average Bonchev–Trinajstić information content (AvgIpc) is 2.53. The summed E-state index contributed by atoms with van der Waals surface area (Å²) in [6.45, 7) is 5.30. The number of likely N-dealkylation sites (tertiary alicyclic amines) is 1. The van der Waals surface area contributed by atoms with Crippen molar-refractivity contribution < 1.29 is 9.59 Å². The molecule has 2 rings (SSSR count). The first kappa shape index (κ1) is 20.3. The first-order valence-corrected chi connectivity index (χ1v) is 8.13. The van der Waals surface area contributed by atoms with Crippen LogP contribution in [0.2, 0.25) is 0 Å². The quantitative estimate of drug-likeness (QED) is 0.777. The lowest BCUT2D eigenvalue weighted by Crippen LogP contribution is -2.46. The van der Waals surface area contributed by atoms with E-state index in [0.29, 0.717) is 17.3 Å². The van der Waals surface area contributed by atoms with Gasteiger partial charge in [0.2, 0.25) is 0 Å². The lowest BCUT2D eigenvalue weighted by atomic mass is 10.0. The molecule has 0 aromatic heterocycles. The summed E-state index contributed by atoms with van der Waals surface area (Å²) in [6.07, 6.45) is 2.10. The molecule has 0 aliphatic carbocycles. The van der Waals surface area contributed by atoms with Crippen molar-refractivity contribution in [3.63, 3.8) is 0 Å². The molecule has 1 aromatic rings. The zero-order valence-electron chi connectivity index (χ0n) is 14.5. The highest BCUT2D eigenvalue weighted by molar-refractivity contribution is 5.97. The van der Waals surface area contributed by atoms with Crippen molar-refractivity contribution in [2.24, 2.45) is 0 Å². The Morgan fingerprint density at radius 3 is 2.71 bits per heavy atom. The third-order valence-corrected chi connectivity index (χ3v) is 3.90. The molecule has 1 heterocycles. The molecular weight excluding hydrogens is 328 g/mol. The highest BCUT2D eigenvalue weighted by atomic mass is 35.5. The minimum absolute atomic E-state index is 0. The van der Waals surface area contributed by atoms with Gasteiger partial charge in [0.15, 0.2) is 0 Å². The Morgan fingerprint density at radius 2 is 2.04 bits per heavy atom. The highest BCUT2D eigenvalue weighted by Gasteiger charge is 2.23. The molecular formula is C17H27ClN4O2. The monoisotopic (exact) mass is 354 g/mol. The van der Waals surface area contributed by atoms with Crippen LogP contribution >= 0.6 is 12.4 Å². The first-order chi connectivity index (χ1) is 11.0. The smallest absolute Gasteiger partial charge is 0.319 e. The van der Waals surface area contributed by atoms with Gasteiger partial charge in [-0.05, 0) is 51.9 Å². The minimum Gasteiger partial charge on any atom is -0.337 e. The minimum atomic E-state index is -0.266. The van der Waals surface area contributed by atoms with Gasteiger partial charge in [-0.2, -0.15) is 0 Å². The van der Waals surface area contributed by atoms with E-state index < -0.39 is 0 Å². The van der Waals surface area contributed by atoms with Crippen LogP contribution in [-0.2, 0) is 0 Å². The molecule has 24 heavy (non-hydrogen) atoms. The molecule has 6 nitrogen and oxygen atoms in total. The summed E-state index contributed by atoms with van der Waals surface area (Å²) >= 11 is 0. The van der Waals surface area contributed by atoms with E-state index in [0.717, 1.165) is 25.9 Å². The normalized spacial score (nSPS) is 17.2. The van der Waals surface area contributed by atoms with Crippen LogP contribution in [0.1, 0.15) is 37.0 Å². The molecule has 1 aromatic carbocycles. The molecule has 134 valence electrons. The maximum Gasteiger partial charge on any atom is 0.319 e. The van der Waals surface area contributed by atoms with Crippen molar-refractivity contribution in [3.05, 3.63) is 29.8 Å². The number of benzene rings is 1. The number of likely N-dealkylation sites (N-methyl/N-ethyl adjacent to an activating group) is 1. The Kier molecular flexibility index (Phi) is 8.01. The Balaban J connectivity index is 0.00000288. The summed E-state index contributed by atoms with van der Waals surface area (Å²) in [5, 5.41) is 8.76. The van der Waals surface area contributed by atoms with Crippen LogP contribution in [0.3, 0.4) is 0 Å². The number of nitrogens with zero attached hydrogens (tertiary/aromatic N) is 1. The van der Waals surface area contributed by atoms with Crippen molar-refractivity contribution in [1.82, 2.24) is 15.5 Å². The van der Waals surface area contributed by atoms with Gasteiger partial charge in [-0.1, -0.05) is 6.07 Å². The number of hydrogen-bond acceptors (Lipinski definition) is 3. The molecule has 0 bridgehead atoms. The summed E-state index contributed by atoms with van der Waals surface area (Å²) in [4.78, 5) is 26.3. The van der Waals surface area contributed by atoms with Crippen molar-refractivity contribution in [3.8, 4) is 0 Å². The number of carbonyl (C=O) groups is 2. The van der Waals surface area contributed by atoms with Gasteiger partial charge in [0.25, 0.3) is 5.91 Å². The van der Waals surface area contributed by atoms with Crippen molar-refractivity contribution in [2.75, 3.05) is 25.5 Å². The number of carbonyl (C=O) groups excluding carboxylic acids is 2. The van der Waals surface area contributed by atoms with Gasteiger partial charge >= 0.3 is 6.03 Å². The maximum atomic E-state index is 12.6. The molecule has 1 aliphatic heterocycles. The molecule has 3 N–H and O–H groups in total. The Morgan fingerprint density at radius 1 is 1.29 bits per heavy atom. The predicted molar refractivity (Wildman–Crippen MR) is 99.0 cm³/mol. The van der Waals surface area contributed by atoms with E-state index in [1.165, 1.54) is 0 Å². The van der Waals surface area contributed by atoms with Crippen LogP contribution in [0.15, 0.2) is 24.3 Å². The van der Waals surface area contributed by atoms with E-state index in [4.69, 9.17) is 0 Å². The van der Waals surface area contributed by atoms with E-state index in [-0.39, 0.29) is 30.4 Å². The molecule has 1 fully saturated rings. The SMILES string of the molecule is CNC1CCCN(C(=O)c2cccc(NC(=O)NC(C)C)c2)C1.Cl. The standard InChI is InChI=1S/C17H26N4O2.ClH/c1-12(2)19-17(23)20-14-7-4-6-13(10-14)16(22)21-9-5-8-15(11-21)18-3;/h4,6-7,10,12,15,18H,5,8-9,11H2,1-3H3,(H2,19,20,23);1H. The fraction of sp³-hybridized carbons (Fsp3) is 0.529. The summed E-state index contributed by atoms with van der Waals surface area (Å²) in [5.41, 5.74) is 1.22. The number of urea groups is 1. The van der Waals surface area contributed by atoms with Crippen LogP contribution in [0.25, 0.3) is 0 Å². The van der Waals surface area contributed by atoms with E-state index in [9.17, 15) is 9.59 Å². The largest absolute Gasteiger partial charge is 0.337 e. The van der Waals surface area contributed by atoms with Crippen LogP contribution < -0.4 is 16.0 Å². The van der Waals surface area contributed by atoms with Gasteiger partial charge in [-0.3, -0.25) is 4.79 Å². The third kappa shape index (κ3) is 5.69. The first-order valence-electron chi connectivity index (χ1n) is 8.13. The topological polar surface area (TPSA) is 73.5 Å². The Hall–Kier alpha value is -1.79. The Bertz CT molecular complexity index is 565. The van der Waals surface area contributed by atoms with Gasteiger partial charge in [0.1, 0.15) is 0 Å². The molecule has 0 saturated carbocycles. The van der Waals surface area contributed by atoms with E-state index in [1.54, 1.807) is 24.3 Å². The molecule has 0 radical (unpaired) electrons. The van der Waals surface area contributed by atoms with Crippen LogP contribution in [0.5, 0.6) is 0 Å². The molecule has 1 atom stereocenters. The number of anilines is 1. The number of halogens is 1. The zero-order valence-corrected chi connectivity index (χ0v) is 15.3. The summed E-state index contributed by atoms with van der Waals surface area (Å²) in [7, 11) is 1.93.